The Labute approximate surface area is 251 Å². The largest absolute Gasteiger partial charge is 0.480 e. The molecule has 0 bridgehead atoms. The highest BCUT2D eigenvalue weighted by Gasteiger charge is 2.45. The van der Waals surface area contributed by atoms with E-state index < -0.39 is 29.6 Å². The molecule has 2 aromatic carbocycles. The van der Waals surface area contributed by atoms with E-state index in [1.54, 1.807) is 18.2 Å². The number of carbonyl (C=O) groups is 2. The molecule has 3 fully saturated rings. The SMILES string of the molecule is Cc1cc(F)c(C[C@@H](C(=O)O)N2CCN(C(=O)[C@@H]3CN(C4CCOCC4)C[C@H]3c3ccc(Cl)cc3F)[C@@H](C)C2)cc1C. The van der Waals surface area contributed by atoms with Gasteiger partial charge in [0, 0.05) is 75.4 Å². The van der Waals surface area contributed by atoms with Crippen LogP contribution in [0.2, 0.25) is 5.02 Å². The van der Waals surface area contributed by atoms with Crippen molar-refractivity contribution in [3.63, 3.8) is 0 Å². The van der Waals surface area contributed by atoms with E-state index in [1.807, 2.05) is 30.6 Å². The molecule has 3 saturated heterocycles. The number of carboxylic acid groups (broad SMARTS) is 1. The van der Waals surface area contributed by atoms with Crippen LogP contribution in [-0.2, 0) is 20.7 Å². The number of piperazine rings is 1. The van der Waals surface area contributed by atoms with Crippen LogP contribution >= 0.6 is 11.6 Å². The molecule has 3 aliphatic heterocycles. The first-order valence-corrected chi connectivity index (χ1v) is 15.2. The maximum atomic E-state index is 15.2. The molecule has 1 amide bonds. The van der Waals surface area contributed by atoms with Gasteiger partial charge in [-0.3, -0.25) is 19.4 Å². The molecule has 0 saturated carbocycles. The van der Waals surface area contributed by atoms with Crippen LogP contribution in [0.25, 0.3) is 0 Å². The first-order valence-electron chi connectivity index (χ1n) is 14.8. The van der Waals surface area contributed by atoms with Crippen LogP contribution < -0.4 is 0 Å². The maximum Gasteiger partial charge on any atom is 0.321 e. The first kappa shape index (κ1) is 30.9. The fraction of sp³-hybridized carbons (Fsp3) is 0.562. The van der Waals surface area contributed by atoms with Crippen LogP contribution in [0.5, 0.6) is 0 Å². The van der Waals surface area contributed by atoms with E-state index in [-0.39, 0.29) is 30.3 Å². The summed E-state index contributed by atoms with van der Waals surface area (Å²) in [6.07, 6.45) is 1.80. The first-order chi connectivity index (χ1) is 20.0. The van der Waals surface area contributed by atoms with Gasteiger partial charge in [0.05, 0.1) is 5.92 Å². The highest BCUT2D eigenvalue weighted by Crippen LogP contribution is 2.39. The summed E-state index contributed by atoms with van der Waals surface area (Å²) >= 11 is 6.04. The summed E-state index contributed by atoms with van der Waals surface area (Å²) in [5, 5.41) is 10.4. The number of halogens is 3. The minimum Gasteiger partial charge on any atom is -0.480 e. The number of benzene rings is 2. The van der Waals surface area contributed by atoms with E-state index in [0.717, 1.165) is 24.0 Å². The van der Waals surface area contributed by atoms with Gasteiger partial charge in [-0.05, 0) is 74.1 Å². The second kappa shape index (κ2) is 13.0. The number of rotatable bonds is 7. The standard InChI is InChI=1S/C32H40ClF2N3O4/c1-19-12-22(28(34)13-20(19)2)14-30(32(40)41)36-8-9-38(21(3)16-36)31(39)27-18-37(24-6-10-42-11-7-24)17-26(27)25-5-4-23(33)15-29(25)35/h4-5,12-13,15,21,24,26-27,30H,6-11,14,16-18H2,1-3H3,(H,40,41)/t21-,26-,27+,30-/m0/s1. The summed E-state index contributed by atoms with van der Waals surface area (Å²) in [5.74, 6) is -2.61. The average molecular weight is 604 g/mol. The number of aryl methyl sites for hydroxylation is 2. The van der Waals surface area contributed by atoms with Crippen molar-refractivity contribution in [1.29, 1.82) is 0 Å². The topological polar surface area (TPSA) is 73.3 Å². The highest BCUT2D eigenvalue weighted by molar-refractivity contribution is 6.30. The van der Waals surface area contributed by atoms with Crippen LogP contribution in [0, 0.1) is 31.4 Å². The Morgan fingerprint density at radius 3 is 2.40 bits per heavy atom. The van der Waals surface area contributed by atoms with Gasteiger partial charge in [0.15, 0.2) is 0 Å². The minimum absolute atomic E-state index is 0.0388. The normalized spacial score (nSPS) is 25.1. The zero-order valence-electron chi connectivity index (χ0n) is 24.5. The van der Waals surface area contributed by atoms with Crippen molar-refractivity contribution in [2.24, 2.45) is 5.92 Å². The van der Waals surface area contributed by atoms with Gasteiger partial charge in [0.25, 0.3) is 0 Å². The third kappa shape index (κ3) is 6.49. The van der Waals surface area contributed by atoms with E-state index in [4.69, 9.17) is 16.3 Å². The molecular weight excluding hydrogens is 564 g/mol. The number of amides is 1. The van der Waals surface area contributed by atoms with Gasteiger partial charge in [0.2, 0.25) is 5.91 Å². The Kier molecular flexibility index (Phi) is 9.52. The lowest BCUT2D eigenvalue weighted by molar-refractivity contribution is -0.147. The second-order valence-corrected chi connectivity index (χ2v) is 12.6. The Balaban J connectivity index is 1.32. The van der Waals surface area contributed by atoms with Crippen molar-refractivity contribution < 1.29 is 28.2 Å². The molecule has 0 spiro atoms. The highest BCUT2D eigenvalue weighted by atomic mass is 35.5. The minimum atomic E-state index is -1.01. The van der Waals surface area contributed by atoms with Crippen LogP contribution in [0.4, 0.5) is 8.78 Å². The Bertz CT molecular complexity index is 1320. The van der Waals surface area contributed by atoms with E-state index in [0.29, 0.717) is 62.1 Å². The lowest BCUT2D eigenvalue weighted by Crippen LogP contribution is -2.59. The Hall–Kier alpha value is -2.59. The van der Waals surface area contributed by atoms with Crippen molar-refractivity contribution in [2.45, 2.75) is 64.1 Å². The smallest absolute Gasteiger partial charge is 0.321 e. The second-order valence-electron chi connectivity index (χ2n) is 12.1. The molecule has 42 heavy (non-hydrogen) atoms. The van der Waals surface area contributed by atoms with E-state index in [9.17, 15) is 19.1 Å². The summed E-state index contributed by atoms with van der Waals surface area (Å²) in [4.78, 5) is 32.5. The van der Waals surface area contributed by atoms with Gasteiger partial charge in [-0.15, -0.1) is 0 Å². The number of carboxylic acids is 1. The van der Waals surface area contributed by atoms with Crippen molar-refractivity contribution in [3.05, 3.63) is 69.2 Å². The molecule has 10 heteroatoms. The molecule has 3 heterocycles. The van der Waals surface area contributed by atoms with Crippen LogP contribution in [-0.4, -0.2) is 95.7 Å². The number of likely N-dealkylation sites (tertiary alicyclic amines) is 1. The Morgan fingerprint density at radius 1 is 1.02 bits per heavy atom. The van der Waals surface area contributed by atoms with Gasteiger partial charge in [-0.25, -0.2) is 8.78 Å². The third-order valence-corrected chi connectivity index (χ3v) is 9.71. The van der Waals surface area contributed by atoms with E-state index >= 15 is 4.39 Å². The Morgan fingerprint density at radius 2 is 1.74 bits per heavy atom. The fourth-order valence-electron chi connectivity index (χ4n) is 6.94. The molecule has 0 unspecified atom stereocenters. The van der Waals surface area contributed by atoms with Crippen LogP contribution in [0.3, 0.4) is 0 Å². The van der Waals surface area contributed by atoms with Gasteiger partial charge >= 0.3 is 5.97 Å². The summed E-state index contributed by atoms with van der Waals surface area (Å²) in [7, 11) is 0. The third-order valence-electron chi connectivity index (χ3n) is 9.48. The predicted molar refractivity (Wildman–Crippen MR) is 157 cm³/mol. The summed E-state index contributed by atoms with van der Waals surface area (Å²) in [6, 6.07) is 6.97. The number of aliphatic carboxylic acids is 1. The van der Waals surface area contributed by atoms with Crippen molar-refractivity contribution in [2.75, 3.05) is 45.9 Å². The van der Waals surface area contributed by atoms with Crippen LogP contribution in [0.15, 0.2) is 30.3 Å². The number of ether oxygens (including phenoxy) is 1. The zero-order chi connectivity index (χ0) is 30.1. The molecule has 2 aromatic rings. The predicted octanol–water partition coefficient (Wildman–Crippen LogP) is 4.66. The maximum absolute atomic E-state index is 15.2. The number of carbonyl (C=O) groups excluding carboxylic acids is 1. The lowest BCUT2D eigenvalue weighted by Gasteiger charge is -2.43. The monoisotopic (exact) mass is 603 g/mol. The average Bonchev–Trinajstić information content (AvgIpc) is 3.39. The fourth-order valence-corrected chi connectivity index (χ4v) is 7.10. The molecule has 0 aromatic heterocycles. The molecule has 0 aliphatic carbocycles. The summed E-state index contributed by atoms with van der Waals surface area (Å²) in [6.45, 7) is 9.16. The number of nitrogens with zero attached hydrogens (tertiary/aromatic N) is 3. The van der Waals surface area contributed by atoms with Crippen molar-refractivity contribution >= 4 is 23.5 Å². The summed E-state index contributed by atoms with van der Waals surface area (Å²) < 4.78 is 35.4. The quantitative estimate of drug-likeness (QED) is 0.496. The van der Waals surface area contributed by atoms with Crippen LogP contribution in [0.1, 0.15) is 47.9 Å². The molecular formula is C32H40ClF2N3O4. The lowest BCUT2D eigenvalue weighted by atomic mass is 9.87. The molecule has 5 rings (SSSR count). The van der Waals surface area contributed by atoms with E-state index in [1.165, 1.54) is 12.1 Å². The van der Waals surface area contributed by atoms with Gasteiger partial charge < -0.3 is 14.7 Å². The molecule has 0 radical (unpaired) electrons. The zero-order valence-corrected chi connectivity index (χ0v) is 25.2. The molecule has 4 atom stereocenters. The molecule has 3 aliphatic rings. The van der Waals surface area contributed by atoms with Gasteiger partial charge in [-0.2, -0.15) is 0 Å². The van der Waals surface area contributed by atoms with Gasteiger partial charge in [-0.1, -0.05) is 23.7 Å². The van der Waals surface area contributed by atoms with Crippen molar-refractivity contribution in [1.82, 2.24) is 14.7 Å². The summed E-state index contributed by atoms with van der Waals surface area (Å²) in [5.41, 5.74) is 2.61. The van der Waals surface area contributed by atoms with Gasteiger partial charge in [0.1, 0.15) is 17.7 Å². The van der Waals surface area contributed by atoms with Crippen molar-refractivity contribution in [3.8, 4) is 0 Å². The molecule has 7 nitrogen and oxygen atoms in total. The van der Waals surface area contributed by atoms with E-state index in [2.05, 4.69) is 4.90 Å². The number of hydrogen-bond donors (Lipinski definition) is 1. The molecule has 1 N–H and O–H groups in total. The number of hydrogen-bond acceptors (Lipinski definition) is 5. The molecule has 228 valence electrons.